The molecule has 3 N–H and O–H groups in total. The fraction of sp³-hybridized carbons (Fsp3) is 0.333. The first-order valence-electron chi connectivity index (χ1n) is 5.27. The third-order valence-corrected chi connectivity index (χ3v) is 2.48. The number of amides is 2. The molecule has 0 bridgehead atoms. The number of hydrogen-bond donors (Lipinski definition) is 2. The molecular weight excluding hydrogens is 220 g/mol. The fourth-order valence-electron chi connectivity index (χ4n) is 1.56. The van der Waals surface area contributed by atoms with E-state index >= 15 is 0 Å². The Balaban J connectivity index is 2.87. The van der Waals surface area contributed by atoms with Crippen molar-refractivity contribution in [3.8, 4) is 0 Å². The number of aliphatic hydroxyl groups is 1. The molecule has 92 valence electrons. The highest BCUT2D eigenvalue weighted by Crippen LogP contribution is 2.08. The van der Waals surface area contributed by atoms with E-state index in [0.717, 1.165) is 5.56 Å². The lowest BCUT2D eigenvalue weighted by Gasteiger charge is -2.27. The van der Waals surface area contributed by atoms with Crippen LogP contribution in [0.5, 0.6) is 0 Å². The maximum Gasteiger partial charge on any atom is 0.242 e. The Bertz CT molecular complexity index is 392. The van der Waals surface area contributed by atoms with Crippen molar-refractivity contribution in [1.82, 2.24) is 4.90 Å². The number of nitrogens with two attached hydrogens (primary N) is 1. The lowest BCUT2D eigenvalue weighted by Crippen LogP contribution is -2.48. The summed E-state index contributed by atoms with van der Waals surface area (Å²) in [5.41, 5.74) is 6.02. The molecule has 0 radical (unpaired) electrons. The van der Waals surface area contributed by atoms with E-state index < -0.39 is 18.6 Å². The van der Waals surface area contributed by atoms with Gasteiger partial charge in [0.1, 0.15) is 6.04 Å². The number of hydrogen-bond acceptors (Lipinski definition) is 3. The summed E-state index contributed by atoms with van der Waals surface area (Å²) in [5, 5.41) is 9.10. The van der Waals surface area contributed by atoms with Gasteiger partial charge in [0.05, 0.1) is 6.61 Å². The highest BCUT2D eigenvalue weighted by molar-refractivity contribution is 5.85. The van der Waals surface area contributed by atoms with Crippen LogP contribution in [0.1, 0.15) is 12.5 Å². The number of rotatable bonds is 5. The van der Waals surface area contributed by atoms with E-state index in [2.05, 4.69) is 0 Å². The van der Waals surface area contributed by atoms with E-state index in [1.165, 1.54) is 11.8 Å². The minimum absolute atomic E-state index is 0.254. The van der Waals surface area contributed by atoms with Gasteiger partial charge in [-0.1, -0.05) is 30.3 Å². The monoisotopic (exact) mass is 236 g/mol. The van der Waals surface area contributed by atoms with Crippen LogP contribution in [-0.4, -0.2) is 34.5 Å². The van der Waals surface area contributed by atoms with Gasteiger partial charge >= 0.3 is 0 Å². The second-order valence-electron chi connectivity index (χ2n) is 3.73. The number of primary amides is 1. The van der Waals surface area contributed by atoms with E-state index in [1.54, 1.807) is 0 Å². The van der Waals surface area contributed by atoms with Crippen molar-refractivity contribution in [1.29, 1.82) is 0 Å². The van der Waals surface area contributed by atoms with Gasteiger partial charge in [0, 0.05) is 13.5 Å². The van der Waals surface area contributed by atoms with Gasteiger partial charge in [-0.05, 0) is 5.56 Å². The lowest BCUT2D eigenvalue weighted by atomic mass is 10.1. The van der Waals surface area contributed by atoms with Crippen LogP contribution >= 0.6 is 0 Å². The molecule has 1 aromatic rings. The molecule has 0 aliphatic heterocycles. The summed E-state index contributed by atoms with van der Waals surface area (Å²) in [5.74, 6) is -1.01. The van der Waals surface area contributed by atoms with Crippen molar-refractivity contribution < 1.29 is 14.7 Å². The van der Waals surface area contributed by atoms with Gasteiger partial charge in [-0.25, -0.2) is 0 Å². The number of benzene rings is 1. The van der Waals surface area contributed by atoms with Crippen molar-refractivity contribution in [2.24, 2.45) is 5.73 Å². The van der Waals surface area contributed by atoms with Crippen molar-refractivity contribution in [3.05, 3.63) is 35.9 Å². The molecule has 0 heterocycles. The molecule has 0 saturated heterocycles. The largest absolute Gasteiger partial charge is 0.394 e. The van der Waals surface area contributed by atoms with Gasteiger partial charge in [0.15, 0.2) is 0 Å². The molecule has 0 aromatic heterocycles. The van der Waals surface area contributed by atoms with Crippen molar-refractivity contribution in [2.75, 3.05) is 6.61 Å². The quantitative estimate of drug-likeness (QED) is 0.747. The molecule has 0 aliphatic rings. The molecule has 0 spiro atoms. The molecule has 1 aromatic carbocycles. The Kier molecular flexibility index (Phi) is 4.66. The standard InChI is InChI=1S/C12H16N2O3/c1-9(16)14(11(8-15)12(13)17)7-10-5-3-2-4-6-10/h2-6,11,15H,7-8H2,1H3,(H2,13,17)/t11-/m1/s1. The van der Waals surface area contributed by atoms with Gasteiger partial charge < -0.3 is 15.7 Å². The van der Waals surface area contributed by atoms with Crippen LogP contribution in [-0.2, 0) is 16.1 Å². The molecule has 1 rings (SSSR count). The SMILES string of the molecule is CC(=O)N(Cc1ccccc1)[C@H](CO)C(N)=O. The molecule has 1 atom stereocenters. The maximum atomic E-state index is 11.5. The Labute approximate surface area is 99.8 Å². The Morgan fingerprint density at radius 2 is 1.94 bits per heavy atom. The van der Waals surface area contributed by atoms with Crippen LogP contribution in [0.4, 0.5) is 0 Å². The van der Waals surface area contributed by atoms with Crippen LogP contribution in [0, 0.1) is 0 Å². The molecule has 17 heavy (non-hydrogen) atoms. The normalized spacial score (nSPS) is 11.9. The highest BCUT2D eigenvalue weighted by Gasteiger charge is 2.25. The molecule has 0 fully saturated rings. The van der Waals surface area contributed by atoms with Crippen molar-refractivity contribution in [3.63, 3.8) is 0 Å². The van der Waals surface area contributed by atoms with E-state index in [4.69, 9.17) is 10.8 Å². The van der Waals surface area contributed by atoms with Crippen molar-refractivity contribution >= 4 is 11.8 Å². The van der Waals surface area contributed by atoms with Crippen LogP contribution in [0.2, 0.25) is 0 Å². The van der Waals surface area contributed by atoms with Crippen LogP contribution in [0.25, 0.3) is 0 Å². The number of nitrogens with zero attached hydrogens (tertiary/aromatic N) is 1. The third-order valence-electron chi connectivity index (χ3n) is 2.48. The van der Waals surface area contributed by atoms with Crippen LogP contribution in [0.15, 0.2) is 30.3 Å². The van der Waals surface area contributed by atoms with Gasteiger partial charge in [-0.3, -0.25) is 9.59 Å². The average molecular weight is 236 g/mol. The Morgan fingerprint density at radius 3 is 2.35 bits per heavy atom. The minimum Gasteiger partial charge on any atom is -0.394 e. The first-order valence-corrected chi connectivity index (χ1v) is 5.27. The summed E-state index contributed by atoms with van der Waals surface area (Å²) < 4.78 is 0. The van der Waals surface area contributed by atoms with Crippen LogP contribution < -0.4 is 5.73 Å². The molecule has 2 amide bonds. The molecule has 0 unspecified atom stereocenters. The number of carbonyl (C=O) groups excluding carboxylic acids is 2. The first-order chi connectivity index (χ1) is 8.06. The molecule has 5 nitrogen and oxygen atoms in total. The second kappa shape index (κ2) is 6.00. The highest BCUT2D eigenvalue weighted by atomic mass is 16.3. The lowest BCUT2D eigenvalue weighted by molar-refractivity contribution is -0.139. The van der Waals surface area contributed by atoms with Gasteiger partial charge in [-0.15, -0.1) is 0 Å². The Hall–Kier alpha value is -1.88. The van der Waals surface area contributed by atoms with Crippen molar-refractivity contribution in [2.45, 2.75) is 19.5 Å². The predicted molar refractivity (Wildman–Crippen MR) is 62.7 cm³/mol. The van der Waals surface area contributed by atoms with E-state index in [1.807, 2.05) is 30.3 Å². The summed E-state index contributed by atoms with van der Waals surface area (Å²) >= 11 is 0. The van der Waals surface area contributed by atoms with Gasteiger partial charge in [0.25, 0.3) is 0 Å². The average Bonchev–Trinajstić information content (AvgIpc) is 2.29. The summed E-state index contributed by atoms with van der Waals surface area (Å²) in [6.45, 7) is 1.13. The minimum atomic E-state index is -0.979. The zero-order valence-corrected chi connectivity index (χ0v) is 9.67. The van der Waals surface area contributed by atoms with E-state index in [-0.39, 0.29) is 12.5 Å². The predicted octanol–water partition coefficient (Wildman–Crippen LogP) is -0.119. The topological polar surface area (TPSA) is 83.6 Å². The zero-order valence-electron chi connectivity index (χ0n) is 9.67. The smallest absolute Gasteiger partial charge is 0.242 e. The summed E-state index contributed by atoms with van der Waals surface area (Å²) in [6, 6.07) is 8.24. The molecule has 0 saturated carbocycles. The van der Waals surface area contributed by atoms with Crippen LogP contribution in [0.3, 0.4) is 0 Å². The molecule has 5 heteroatoms. The number of aliphatic hydroxyl groups excluding tert-OH is 1. The van der Waals surface area contributed by atoms with Gasteiger partial charge in [-0.2, -0.15) is 0 Å². The van der Waals surface area contributed by atoms with E-state index in [0.29, 0.717) is 0 Å². The summed E-state index contributed by atoms with van der Waals surface area (Å²) in [7, 11) is 0. The third kappa shape index (κ3) is 3.57. The second-order valence-corrected chi connectivity index (χ2v) is 3.73. The van der Waals surface area contributed by atoms with Gasteiger partial charge in [0.2, 0.25) is 11.8 Å². The molecular formula is C12H16N2O3. The number of carbonyl (C=O) groups is 2. The first kappa shape index (κ1) is 13.2. The maximum absolute atomic E-state index is 11.5. The summed E-state index contributed by atoms with van der Waals surface area (Å²) in [6.07, 6.45) is 0. The fourth-order valence-corrected chi connectivity index (χ4v) is 1.56. The zero-order chi connectivity index (χ0) is 12.8. The Morgan fingerprint density at radius 1 is 1.35 bits per heavy atom. The summed E-state index contributed by atoms with van der Waals surface area (Å²) in [4.78, 5) is 23.9. The van der Waals surface area contributed by atoms with E-state index in [9.17, 15) is 9.59 Å². The molecule has 0 aliphatic carbocycles.